The summed E-state index contributed by atoms with van der Waals surface area (Å²) in [5.41, 5.74) is 2.11. The van der Waals surface area contributed by atoms with Gasteiger partial charge in [0.2, 0.25) is 0 Å². The van der Waals surface area contributed by atoms with Gasteiger partial charge in [0.05, 0.1) is 0 Å². The molecule has 2 nitrogen and oxygen atoms in total. The van der Waals surface area contributed by atoms with Crippen molar-refractivity contribution in [2.45, 2.75) is 13.8 Å². The van der Waals surface area contributed by atoms with Gasteiger partial charge < -0.3 is 0 Å². The van der Waals surface area contributed by atoms with Crippen LogP contribution in [0.25, 0.3) is 10.6 Å². The molecule has 0 aliphatic rings. The molecule has 2 rings (SSSR count). The van der Waals surface area contributed by atoms with Crippen LogP contribution in [0.15, 0.2) is 18.2 Å². The summed E-state index contributed by atoms with van der Waals surface area (Å²) in [4.78, 5) is 4.30. The number of halogens is 1. The molecular weight excluding hydrogens is 216 g/mol. The van der Waals surface area contributed by atoms with E-state index >= 15 is 0 Å². The second-order valence-corrected chi connectivity index (χ2v) is 4.27. The van der Waals surface area contributed by atoms with E-state index in [4.69, 9.17) is 11.6 Å². The minimum Gasteiger partial charge on any atom is -0.220 e. The maximum absolute atomic E-state index is 6.03. The average Bonchev–Trinajstić information content (AvgIpc) is 2.57. The van der Waals surface area contributed by atoms with Crippen LogP contribution in [-0.4, -0.2) is 9.36 Å². The van der Waals surface area contributed by atoms with E-state index in [1.54, 1.807) is 0 Å². The van der Waals surface area contributed by atoms with Gasteiger partial charge in [0.1, 0.15) is 10.8 Å². The molecule has 0 atom stereocenters. The minimum atomic E-state index is 0.773. The van der Waals surface area contributed by atoms with Gasteiger partial charge >= 0.3 is 0 Å². The van der Waals surface area contributed by atoms with Gasteiger partial charge in [-0.15, -0.1) is 0 Å². The number of aromatic nitrogens is 2. The molecule has 0 amide bonds. The Kier molecular flexibility index (Phi) is 2.52. The molecule has 4 heteroatoms. The zero-order valence-electron chi connectivity index (χ0n) is 7.91. The fraction of sp³-hybridized carbons (Fsp3) is 0.200. The molecule has 0 fully saturated rings. The molecule has 0 unspecified atom stereocenters. The molecule has 0 radical (unpaired) electrons. The molecule has 1 aromatic carbocycles. The Morgan fingerprint density at radius 3 is 2.64 bits per heavy atom. The van der Waals surface area contributed by atoms with Gasteiger partial charge in [-0.1, -0.05) is 23.7 Å². The van der Waals surface area contributed by atoms with Crippen molar-refractivity contribution in [2.75, 3.05) is 0 Å². The SMILES string of the molecule is Cc1nsc(-c2ccc(C)c(Cl)c2)n1. The van der Waals surface area contributed by atoms with Gasteiger partial charge in [-0.3, -0.25) is 0 Å². The van der Waals surface area contributed by atoms with Gasteiger partial charge in [0.25, 0.3) is 0 Å². The van der Waals surface area contributed by atoms with Crippen LogP contribution < -0.4 is 0 Å². The molecule has 2 aromatic rings. The van der Waals surface area contributed by atoms with E-state index in [1.807, 2.05) is 32.0 Å². The molecule has 0 bridgehead atoms. The number of hydrogen-bond donors (Lipinski definition) is 0. The summed E-state index contributed by atoms with van der Waals surface area (Å²) in [6.45, 7) is 3.87. The molecule has 72 valence electrons. The first-order chi connectivity index (χ1) is 6.66. The molecule has 0 spiro atoms. The standard InChI is InChI=1S/C10H9ClN2S/c1-6-3-4-8(5-9(6)11)10-12-7(2)13-14-10/h3-5H,1-2H3. The molecule has 0 aliphatic heterocycles. The summed E-state index contributed by atoms with van der Waals surface area (Å²) in [6.07, 6.45) is 0. The zero-order chi connectivity index (χ0) is 10.1. The Bertz CT molecular complexity index is 465. The fourth-order valence-corrected chi connectivity index (χ4v) is 1.99. The third-order valence-corrected chi connectivity index (χ3v) is 3.21. The smallest absolute Gasteiger partial charge is 0.144 e. The predicted molar refractivity (Wildman–Crippen MR) is 59.8 cm³/mol. The average molecular weight is 225 g/mol. The third kappa shape index (κ3) is 1.79. The van der Waals surface area contributed by atoms with Crippen LogP contribution in [0.1, 0.15) is 11.4 Å². The third-order valence-electron chi connectivity index (χ3n) is 1.95. The van der Waals surface area contributed by atoms with E-state index in [-0.39, 0.29) is 0 Å². The van der Waals surface area contributed by atoms with Gasteiger partial charge in [-0.2, -0.15) is 4.37 Å². The maximum atomic E-state index is 6.03. The van der Waals surface area contributed by atoms with E-state index in [0.717, 1.165) is 27.0 Å². The van der Waals surface area contributed by atoms with E-state index in [2.05, 4.69) is 9.36 Å². The summed E-state index contributed by atoms with van der Waals surface area (Å²) in [5.74, 6) is 0.807. The van der Waals surface area contributed by atoms with Gasteiger partial charge in [0.15, 0.2) is 0 Å². The van der Waals surface area contributed by atoms with Crippen LogP contribution in [0.5, 0.6) is 0 Å². The number of benzene rings is 1. The van der Waals surface area contributed by atoms with Crippen LogP contribution >= 0.6 is 23.1 Å². The molecule has 14 heavy (non-hydrogen) atoms. The second kappa shape index (κ2) is 3.67. The zero-order valence-corrected chi connectivity index (χ0v) is 9.49. The number of rotatable bonds is 1. The van der Waals surface area contributed by atoms with Crippen molar-refractivity contribution in [3.8, 4) is 10.6 Å². The largest absolute Gasteiger partial charge is 0.220 e. The summed E-state index contributed by atoms with van der Waals surface area (Å²) in [5, 5.41) is 1.69. The highest BCUT2D eigenvalue weighted by Crippen LogP contribution is 2.26. The van der Waals surface area contributed by atoms with E-state index in [0.29, 0.717) is 0 Å². The van der Waals surface area contributed by atoms with Crippen molar-refractivity contribution < 1.29 is 0 Å². The summed E-state index contributed by atoms with van der Waals surface area (Å²) >= 11 is 7.42. The Hall–Kier alpha value is -0.930. The van der Waals surface area contributed by atoms with Gasteiger partial charge in [-0.25, -0.2) is 4.98 Å². The molecule has 0 aliphatic carbocycles. The van der Waals surface area contributed by atoms with Crippen molar-refractivity contribution in [3.63, 3.8) is 0 Å². The monoisotopic (exact) mass is 224 g/mol. The predicted octanol–water partition coefficient (Wildman–Crippen LogP) is 3.48. The van der Waals surface area contributed by atoms with Crippen molar-refractivity contribution in [1.82, 2.24) is 9.36 Å². The Morgan fingerprint density at radius 1 is 1.29 bits per heavy atom. The number of hydrogen-bond acceptors (Lipinski definition) is 3. The van der Waals surface area contributed by atoms with E-state index < -0.39 is 0 Å². The Morgan fingerprint density at radius 2 is 2.07 bits per heavy atom. The highest BCUT2D eigenvalue weighted by atomic mass is 35.5. The van der Waals surface area contributed by atoms with Crippen LogP contribution in [0, 0.1) is 13.8 Å². The quantitative estimate of drug-likeness (QED) is 0.741. The molecule has 1 aromatic heterocycles. The second-order valence-electron chi connectivity index (χ2n) is 3.11. The minimum absolute atomic E-state index is 0.773. The lowest BCUT2D eigenvalue weighted by molar-refractivity contribution is 1.17. The van der Waals surface area contributed by atoms with Gasteiger partial charge in [0, 0.05) is 10.6 Å². The number of aryl methyl sites for hydroxylation is 2. The van der Waals surface area contributed by atoms with Crippen LogP contribution in [0.4, 0.5) is 0 Å². The first-order valence-corrected chi connectivity index (χ1v) is 5.39. The lowest BCUT2D eigenvalue weighted by Crippen LogP contribution is -1.80. The molecule has 0 saturated carbocycles. The Labute approximate surface area is 91.7 Å². The summed E-state index contributed by atoms with van der Waals surface area (Å²) < 4.78 is 4.13. The van der Waals surface area contributed by atoms with Crippen molar-refractivity contribution in [1.29, 1.82) is 0 Å². The van der Waals surface area contributed by atoms with Gasteiger partial charge in [-0.05, 0) is 37.0 Å². The normalized spacial score (nSPS) is 10.5. The summed E-state index contributed by atoms with van der Waals surface area (Å²) in [6, 6.07) is 5.94. The molecule has 0 saturated heterocycles. The lowest BCUT2D eigenvalue weighted by atomic mass is 10.1. The molecule has 0 N–H and O–H groups in total. The molecule has 1 heterocycles. The first-order valence-electron chi connectivity index (χ1n) is 4.23. The van der Waals surface area contributed by atoms with E-state index in [1.165, 1.54) is 11.5 Å². The maximum Gasteiger partial charge on any atom is 0.144 e. The van der Waals surface area contributed by atoms with Crippen LogP contribution in [-0.2, 0) is 0 Å². The highest BCUT2D eigenvalue weighted by Gasteiger charge is 2.05. The van der Waals surface area contributed by atoms with Crippen molar-refractivity contribution >= 4 is 23.1 Å². The highest BCUT2D eigenvalue weighted by molar-refractivity contribution is 7.09. The Balaban J connectivity index is 2.47. The van der Waals surface area contributed by atoms with Crippen LogP contribution in [0.3, 0.4) is 0 Å². The first kappa shape index (κ1) is 9.62. The lowest BCUT2D eigenvalue weighted by Gasteiger charge is -1.99. The van der Waals surface area contributed by atoms with Crippen LogP contribution in [0.2, 0.25) is 5.02 Å². The number of nitrogens with zero attached hydrogens (tertiary/aromatic N) is 2. The molecular formula is C10H9ClN2S. The fourth-order valence-electron chi connectivity index (χ4n) is 1.14. The van der Waals surface area contributed by atoms with Crippen molar-refractivity contribution in [3.05, 3.63) is 34.6 Å². The van der Waals surface area contributed by atoms with E-state index in [9.17, 15) is 0 Å². The topological polar surface area (TPSA) is 25.8 Å². The summed E-state index contributed by atoms with van der Waals surface area (Å²) in [7, 11) is 0. The van der Waals surface area contributed by atoms with Crippen molar-refractivity contribution in [2.24, 2.45) is 0 Å².